The largest absolute Gasteiger partial charge is 0.419 e. The van der Waals surface area contributed by atoms with Gasteiger partial charge >= 0.3 is 6.01 Å². The van der Waals surface area contributed by atoms with Crippen LogP contribution in [0.3, 0.4) is 0 Å². The minimum Gasteiger partial charge on any atom is -0.419 e. The molecule has 0 atom stereocenters. The zero-order valence-corrected chi connectivity index (χ0v) is 9.51. The lowest BCUT2D eigenvalue weighted by Crippen LogP contribution is -2.00. The summed E-state index contributed by atoms with van der Waals surface area (Å²) in [6.07, 6.45) is 0. The first-order valence-corrected chi connectivity index (χ1v) is 5.08. The van der Waals surface area contributed by atoms with Gasteiger partial charge < -0.3 is 10.5 Å². The Morgan fingerprint density at radius 1 is 1.39 bits per heavy atom. The van der Waals surface area contributed by atoms with Crippen molar-refractivity contribution in [2.75, 3.05) is 5.73 Å². The van der Waals surface area contributed by atoms with E-state index >= 15 is 0 Å². The zero-order chi connectivity index (χ0) is 13.1. The molecule has 2 N–H and O–H groups in total. The van der Waals surface area contributed by atoms with E-state index in [4.69, 9.17) is 15.7 Å². The average molecular weight is 244 g/mol. The second-order valence-electron chi connectivity index (χ2n) is 3.55. The lowest BCUT2D eigenvalue weighted by molar-refractivity contribution is 0.411. The number of benzene rings is 1. The van der Waals surface area contributed by atoms with Gasteiger partial charge in [0, 0.05) is 5.69 Å². The summed E-state index contributed by atoms with van der Waals surface area (Å²) in [5.41, 5.74) is 6.42. The Morgan fingerprint density at radius 2 is 2.17 bits per heavy atom. The lowest BCUT2D eigenvalue weighted by Gasteiger charge is -2.08. The van der Waals surface area contributed by atoms with E-state index in [9.17, 15) is 4.39 Å². The Bertz CT molecular complexity index is 616. The maximum Gasteiger partial charge on any atom is 0.323 e. The summed E-state index contributed by atoms with van der Waals surface area (Å²) in [4.78, 5) is 7.77. The molecule has 0 fully saturated rings. The van der Waals surface area contributed by atoms with Crippen molar-refractivity contribution < 1.29 is 9.13 Å². The van der Waals surface area contributed by atoms with Crippen LogP contribution < -0.4 is 10.5 Å². The third kappa shape index (κ3) is 2.35. The van der Waals surface area contributed by atoms with Crippen LogP contribution in [0.4, 0.5) is 10.1 Å². The number of halogens is 1. The van der Waals surface area contributed by atoms with Crippen LogP contribution in [0, 0.1) is 24.1 Å². The highest BCUT2D eigenvalue weighted by molar-refractivity contribution is 5.53. The van der Waals surface area contributed by atoms with Crippen LogP contribution in [0.2, 0.25) is 0 Å². The number of rotatable bonds is 2. The SMILES string of the molecule is Cc1cc(C#N)nc(Oc2c(N)cccc2F)n1. The van der Waals surface area contributed by atoms with E-state index in [0.29, 0.717) is 5.69 Å². The first-order chi connectivity index (χ1) is 8.60. The van der Waals surface area contributed by atoms with Crippen molar-refractivity contribution in [3.05, 3.63) is 41.5 Å². The Labute approximate surface area is 103 Å². The van der Waals surface area contributed by atoms with Crippen molar-refractivity contribution in [1.29, 1.82) is 5.26 Å². The van der Waals surface area contributed by atoms with Crippen molar-refractivity contribution in [2.45, 2.75) is 6.92 Å². The molecule has 0 aliphatic rings. The van der Waals surface area contributed by atoms with Gasteiger partial charge in [0.15, 0.2) is 11.6 Å². The summed E-state index contributed by atoms with van der Waals surface area (Å²) < 4.78 is 18.7. The third-order valence-corrected chi connectivity index (χ3v) is 2.14. The molecule has 1 aromatic heterocycles. The van der Waals surface area contributed by atoms with Gasteiger partial charge in [0.1, 0.15) is 11.8 Å². The second-order valence-corrected chi connectivity index (χ2v) is 3.55. The quantitative estimate of drug-likeness (QED) is 0.818. The van der Waals surface area contributed by atoms with Gasteiger partial charge in [0.25, 0.3) is 0 Å². The van der Waals surface area contributed by atoms with Gasteiger partial charge in [-0.1, -0.05) is 6.07 Å². The molecule has 90 valence electrons. The van der Waals surface area contributed by atoms with Gasteiger partial charge in [-0.15, -0.1) is 0 Å². The maximum absolute atomic E-state index is 13.5. The number of aryl methyl sites for hydroxylation is 1. The van der Waals surface area contributed by atoms with Crippen LogP contribution in [0.25, 0.3) is 0 Å². The summed E-state index contributed by atoms with van der Waals surface area (Å²) in [7, 11) is 0. The maximum atomic E-state index is 13.5. The molecule has 2 rings (SSSR count). The fourth-order valence-corrected chi connectivity index (χ4v) is 1.37. The van der Waals surface area contributed by atoms with Crippen LogP contribution in [0.1, 0.15) is 11.4 Å². The highest BCUT2D eigenvalue weighted by Crippen LogP contribution is 2.28. The molecule has 1 aromatic carbocycles. The fraction of sp³-hybridized carbons (Fsp3) is 0.0833. The number of anilines is 1. The molecule has 0 spiro atoms. The molecule has 2 aromatic rings. The van der Waals surface area contributed by atoms with Gasteiger partial charge in [0.2, 0.25) is 0 Å². The molecule has 0 saturated heterocycles. The highest BCUT2D eigenvalue weighted by Gasteiger charge is 2.11. The van der Waals surface area contributed by atoms with Gasteiger partial charge in [-0.2, -0.15) is 10.2 Å². The topological polar surface area (TPSA) is 84.8 Å². The normalized spacial score (nSPS) is 9.83. The number of nitriles is 1. The molecule has 0 unspecified atom stereocenters. The predicted octanol–water partition coefficient (Wildman–Crippen LogP) is 2.17. The Balaban J connectivity index is 2.40. The molecule has 0 amide bonds. The van der Waals surface area contributed by atoms with Crippen LogP contribution in [-0.4, -0.2) is 9.97 Å². The summed E-state index contributed by atoms with van der Waals surface area (Å²) >= 11 is 0. The molecule has 18 heavy (non-hydrogen) atoms. The van der Waals surface area contributed by atoms with E-state index in [-0.39, 0.29) is 23.1 Å². The molecule has 0 aliphatic carbocycles. The summed E-state index contributed by atoms with van der Waals surface area (Å²) in [5.74, 6) is -0.759. The van der Waals surface area contributed by atoms with Gasteiger partial charge in [-0.3, -0.25) is 0 Å². The first-order valence-electron chi connectivity index (χ1n) is 5.08. The predicted molar refractivity (Wildman–Crippen MR) is 62.4 cm³/mol. The fourth-order valence-electron chi connectivity index (χ4n) is 1.37. The number of hydrogen-bond donors (Lipinski definition) is 1. The van der Waals surface area contributed by atoms with E-state index in [0.717, 1.165) is 0 Å². The van der Waals surface area contributed by atoms with E-state index < -0.39 is 5.82 Å². The molecule has 0 bridgehead atoms. The molecule has 1 heterocycles. The minimum atomic E-state index is -0.612. The Hall–Kier alpha value is -2.68. The van der Waals surface area contributed by atoms with E-state index in [1.807, 2.05) is 6.07 Å². The van der Waals surface area contributed by atoms with Crippen molar-refractivity contribution in [3.8, 4) is 17.8 Å². The van der Waals surface area contributed by atoms with Crippen LogP contribution in [0.15, 0.2) is 24.3 Å². The van der Waals surface area contributed by atoms with Crippen molar-refractivity contribution >= 4 is 5.69 Å². The zero-order valence-electron chi connectivity index (χ0n) is 9.51. The first kappa shape index (κ1) is 11.8. The van der Waals surface area contributed by atoms with Crippen LogP contribution in [0.5, 0.6) is 11.8 Å². The smallest absolute Gasteiger partial charge is 0.323 e. The standard InChI is InChI=1S/C12H9FN4O/c1-7-5-8(6-14)17-12(16-7)18-11-9(13)3-2-4-10(11)15/h2-5H,15H2,1H3. The Kier molecular flexibility index (Phi) is 3.06. The van der Waals surface area contributed by atoms with Gasteiger partial charge in [-0.25, -0.2) is 9.37 Å². The lowest BCUT2D eigenvalue weighted by atomic mass is 10.3. The van der Waals surface area contributed by atoms with Gasteiger partial charge in [0.05, 0.1) is 5.69 Å². The second kappa shape index (κ2) is 4.67. The molecule has 6 heteroatoms. The highest BCUT2D eigenvalue weighted by atomic mass is 19.1. The van der Waals surface area contributed by atoms with Crippen molar-refractivity contribution in [3.63, 3.8) is 0 Å². The number of nitrogen functional groups attached to an aromatic ring is 1. The summed E-state index contributed by atoms with van der Waals surface area (Å²) in [6.45, 7) is 1.68. The number of nitrogens with two attached hydrogens (primary N) is 1. The molecular weight excluding hydrogens is 235 g/mol. The summed E-state index contributed by atoms with van der Waals surface area (Å²) in [6, 6.07) is 7.44. The van der Waals surface area contributed by atoms with Crippen molar-refractivity contribution in [1.82, 2.24) is 9.97 Å². The molecule has 0 aliphatic heterocycles. The molecule has 0 radical (unpaired) electrons. The average Bonchev–Trinajstić information content (AvgIpc) is 2.33. The van der Waals surface area contributed by atoms with Crippen LogP contribution >= 0.6 is 0 Å². The van der Waals surface area contributed by atoms with Crippen LogP contribution in [-0.2, 0) is 0 Å². The molecule has 0 saturated carbocycles. The number of ether oxygens (including phenoxy) is 1. The molecule has 5 nitrogen and oxygen atoms in total. The number of nitrogens with zero attached hydrogens (tertiary/aromatic N) is 3. The monoisotopic (exact) mass is 244 g/mol. The summed E-state index contributed by atoms with van der Waals surface area (Å²) in [5, 5.41) is 8.77. The molecular formula is C12H9FN4O. The number of para-hydroxylation sites is 1. The minimum absolute atomic E-state index is 0.108. The Morgan fingerprint density at radius 3 is 2.83 bits per heavy atom. The number of hydrogen-bond acceptors (Lipinski definition) is 5. The van der Waals surface area contributed by atoms with Gasteiger partial charge in [-0.05, 0) is 25.1 Å². The van der Waals surface area contributed by atoms with Crippen molar-refractivity contribution in [2.24, 2.45) is 0 Å². The van der Waals surface area contributed by atoms with E-state index in [2.05, 4.69) is 9.97 Å². The van der Waals surface area contributed by atoms with E-state index in [1.165, 1.54) is 24.3 Å². The number of aromatic nitrogens is 2. The van der Waals surface area contributed by atoms with E-state index in [1.54, 1.807) is 6.92 Å². The third-order valence-electron chi connectivity index (χ3n) is 2.14.